The molecule has 1 aliphatic rings. The van der Waals surface area contributed by atoms with E-state index in [2.05, 4.69) is 89.8 Å². The second kappa shape index (κ2) is 11.8. The molecule has 0 fully saturated rings. The van der Waals surface area contributed by atoms with Crippen LogP contribution in [0.3, 0.4) is 0 Å². The number of hydrogen-bond donors (Lipinski definition) is 1. The van der Waals surface area contributed by atoms with Crippen molar-refractivity contribution >= 4 is 15.8 Å². The maximum absolute atomic E-state index is 12.5. The second-order valence-corrected chi connectivity index (χ2v) is 13.6. The number of benzene rings is 5. The molecule has 0 saturated carbocycles. The van der Waals surface area contributed by atoms with E-state index in [-0.39, 0.29) is 10.3 Å². The number of hydrogen-bond acceptors (Lipinski definition) is 4. The van der Waals surface area contributed by atoms with Crippen LogP contribution in [0.2, 0.25) is 0 Å². The highest BCUT2D eigenvalue weighted by atomic mass is 32.2. The average Bonchev–Trinajstić information content (AvgIpc) is 3.49. The minimum Gasteiger partial charge on any atom is -0.354 e. The van der Waals surface area contributed by atoms with Gasteiger partial charge in [-0.1, -0.05) is 118 Å². The van der Waals surface area contributed by atoms with Crippen LogP contribution in [-0.2, 0) is 22.1 Å². The molecule has 1 N–H and O–H groups in total. The SMILES string of the molecule is CC(C)(C)c1ccc(N2C=CN(Cc3c(-c4ccccc4)cc(-c4ccccc4)cc3-c3ccccc3)C2)c(S(=O)(=O)O)c1. The number of nitrogens with zero attached hydrogens (tertiary/aromatic N) is 2. The maximum Gasteiger partial charge on any atom is 0.296 e. The predicted molar refractivity (Wildman–Crippen MR) is 180 cm³/mol. The lowest BCUT2D eigenvalue weighted by molar-refractivity contribution is 0.400. The molecule has 6 heteroatoms. The molecule has 0 atom stereocenters. The van der Waals surface area contributed by atoms with Crippen molar-refractivity contribution < 1.29 is 13.0 Å². The van der Waals surface area contributed by atoms with Crippen LogP contribution in [0.1, 0.15) is 31.9 Å². The van der Waals surface area contributed by atoms with Gasteiger partial charge in [0.05, 0.1) is 12.4 Å². The molecule has 0 amide bonds. The molecule has 0 aromatic heterocycles. The molecular weight excluding hydrogens is 564 g/mol. The summed E-state index contributed by atoms with van der Waals surface area (Å²) in [6.07, 6.45) is 3.86. The fraction of sp³-hybridized carbons (Fsp3) is 0.158. The van der Waals surface area contributed by atoms with Gasteiger partial charge in [-0.3, -0.25) is 4.55 Å². The van der Waals surface area contributed by atoms with Gasteiger partial charge in [0.1, 0.15) is 4.90 Å². The predicted octanol–water partition coefficient (Wildman–Crippen LogP) is 8.98. The molecule has 44 heavy (non-hydrogen) atoms. The largest absolute Gasteiger partial charge is 0.354 e. The van der Waals surface area contributed by atoms with E-state index in [0.29, 0.717) is 18.9 Å². The van der Waals surface area contributed by atoms with Crippen LogP contribution in [0.25, 0.3) is 33.4 Å². The van der Waals surface area contributed by atoms with Gasteiger partial charge >= 0.3 is 0 Å². The van der Waals surface area contributed by atoms with E-state index in [1.54, 1.807) is 12.1 Å². The van der Waals surface area contributed by atoms with Crippen LogP contribution in [0.5, 0.6) is 0 Å². The van der Waals surface area contributed by atoms with Crippen LogP contribution in [-0.4, -0.2) is 24.5 Å². The topological polar surface area (TPSA) is 60.9 Å². The highest BCUT2D eigenvalue weighted by Gasteiger charge is 2.26. The van der Waals surface area contributed by atoms with Crippen LogP contribution in [0.4, 0.5) is 5.69 Å². The van der Waals surface area contributed by atoms with Crippen molar-refractivity contribution in [2.75, 3.05) is 11.6 Å². The smallest absolute Gasteiger partial charge is 0.296 e. The summed E-state index contributed by atoms with van der Waals surface area (Å²) in [7, 11) is -4.44. The summed E-state index contributed by atoms with van der Waals surface area (Å²) in [5, 5.41) is 0. The van der Waals surface area contributed by atoms with Gasteiger partial charge in [-0.25, -0.2) is 0 Å². The molecule has 5 aromatic carbocycles. The van der Waals surface area contributed by atoms with Crippen molar-refractivity contribution in [3.63, 3.8) is 0 Å². The molecule has 0 unspecified atom stereocenters. The lowest BCUT2D eigenvalue weighted by atomic mass is 9.87. The quantitative estimate of drug-likeness (QED) is 0.189. The van der Waals surface area contributed by atoms with Crippen molar-refractivity contribution in [2.24, 2.45) is 0 Å². The van der Waals surface area contributed by atoms with Crippen molar-refractivity contribution in [3.8, 4) is 33.4 Å². The normalized spacial score (nSPS) is 13.5. The maximum atomic E-state index is 12.5. The van der Waals surface area contributed by atoms with Gasteiger partial charge in [0.25, 0.3) is 10.1 Å². The van der Waals surface area contributed by atoms with Gasteiger partial charge in [-0.05, 0) is 74.2 Å². The Balaban J connectivity index is 1.42. The third kappa shape index (κ3) is 6.18. The zero-order chi connectivity index (χ0) is 30.9. The number of rotatable bonds is 7. The summed E-state index contributed by atoms with van der Waals surface area (Å²) < 4.78 is 35.2. The minimum absolute atomic E-state index is 0.0846. The Hall–Kier alpha value is -4.65. The molecule has 1 aliphatic heterocycles. The molecule has 0 radical (unpaired) electrons. The molecule has 0 spiro atoms. The standard InChI is InChI=1S/C38H36N2O3S/c1-38(2,3)32-19-20-36(37(25-32)44(41,42)43)40-22-21-39(27-40)26-35-33(29-15-9-5-10-16-29)23-31(28-13-7-4-8-14-28)24-34(35)30-17-11-6-12-18-30/h4-25H,26-27H2,1-3H3,(H,41,42,43). The van der Waals surface area contributed by atoms with Crippen molar-refractivity contribution in [3.05, 3.63) is 145 Å². The summed E-state index contributed by atoms with van der Waals surface area (Å²) in [6, 6.07) is 41.2. The highest BCUT2D eigenvalue weighted by Crippen LogP contribution is 2.39. The van der Waals surface area contributed by atoms with Gasteiger partial charge < -0.3 is 9.80 Å². The van der Waals surface area contributed by atoms with Crippen LogP contribution in [0.15, 0.2) is 139 Å². The van der Waals surface area contributed by atoms with Gasteiger partial charge in [0.15, 0.2) is 0 Å². The molecule has 222 valence electrons. The molecule has 0 bridgehead atoms. The van der Waals surface area contributed by atoms with E-state index in [1.807, 2.05) is 62.3 Å². The summed E-state index contributed by atoms with van der Waals surface area (Å²) >= 11 is 0. The molecule has 6 rings (SSSR count). The lowest BCUT2D eigenvalue weighted by Crippen LogP contribution is -2.26. The van der Waals surface area contributed by atoms with Gasteiger partial charge in [-0.2, -0.15) is 8.42 Å². The Labute approximate surface area is 260 Å². The zero-order valence-electron chi connectivity index (χ0n) is 25.2. The minimum atomic E-state index is -4.44. The van der Waals surface area contributed by atoms with Crippen molar-refractivity contribution in [2.45, 2.75) is 37.6 Å². The summed E-state index contributed by atoms with van der Waals surface area (Å²) in [6.45, 7) is 7.08. The highest BCUT2D eigenvalue weighted by molar-refractivity contribution is 7.86. The van der Waals surface area contributed by atoms with E-state index in [0.717, 1.165) is 38.9 Å². The van der Waals surface area contributed by atoms with E-state index in [4.69, 9.17) is 0 Å². The Morgan fingerprint density at radius 2 is 1.18 bits per heavy atom. The first-order valence-corrected chi connectivity index (χ1v) is 16.2. The van der Waals surface area contributed by atoms with Crippen molar-refractivity contribution in [1.29, 1.82) is 0 Å². The first-order valence-electron chi connectivity index (χ1n) is 14.7. The van der Waals surface area contributed by atoms with Crippen LogP contribution >= 0.6 is 0 Å². The summed E-state index contributed by atoms with van der Waals surface area (Å²) in [5.74, 6) is 0. The van der Waals surface area contributed by atoms with Gasteiger partial charge in [-0.15, -0.1) is 0 Å². The second-order valence-electron chi connectivity index (χ2n) is 12.2. The molecule has 0 saturated heterocycles. The molecule has 0 aliphatic carbocycles. The Morgan fingerprint density at radius 3 is 1.68 bits per heavy atom. The first-order chi connectivity index (χ1) is 21.1. The van der Waals surface area contributed by atoms with E-state index < -0.39 is 10.1 Å². The third-order valence-corrected chi connectivity index (χ3v) is 8.98. The lowest BCUT2D eigenvalue weighted by Gasteiger charge is -2.27. The molecule has 5 nitrogen and oxygen atoms in total. The summed E-state index contributed by atoms with van der Waals surface area (Å²) in [4.78, 5) is 3.96. The monoisotopic (exact) mass is 600 g/mol. The fourth-order valence-corrected chi connectivity index (χ4v) is 6.47. The van der Waals surface area contributed by atoms with E-state index in [9.17, 15) is 13.0 Å². The zero-order valence-corrected chi connectivity index (χ0v) is 26.0. The van der Waals surface area contributed by atoms with Crippen LogP contribution < -0.4 is 4.90 Å². The van der Waals surface area contributed by atoms with E-state index >= 15 is 0 Å². The fourth-order valence-electron chi connectivity index (χ4n) is 5.74. The molecular formula is C38H36N2O3S. The Kier molecular flexibility index (Phi) is 7.89. The number of anilines is 1. The summed E-state index contributed by atoms with van der Waals surface area (Å²) in [5.41, 5.74) is 9.03. The molecule has 1 heterocycles. The van der Waals surface area contributed by atoms with Gasteiger partial charge in [0, 0.05) is 18.9 Å². The Bertz CT molecular complexity index is 1850. The van der Waals surface area contributed by atoms with E-state index in [1.165, 1.54) is 5.56 Å². The first kappa shape index (κ1) is 29.4. The van der Waals surface area contributed by atoms with Crippen molar-refractivity contribution in [1.82, 2.24) is 4.90 Å². The average molecular weight is 601 g/mol. The van der Waals surface area contributed by atoms with Crippen LogP contribution in [0, 0.1) is 0 Å². The third-order valence-electron chi connectivity index (χ3n) is 8.09. The van der Waals surface area contributed by atoms with Gasteiger partial charge in [0.2, 0.25) is 0 Å². The Morgan fingerprint density at radius 1 is 0.659 bits per heavy atom. The molecule has 5 aromatic rings.